The Balaban J connectivity index is 2.15. The summed E-state index contributed by atoms with van der Waals surface area (Å²) in [6.45, 7) is 0. The Morgan fingerprint density at radius 1 is 0.650 bits per heavy atom. The van der Waals surface area contributed by atoms with Gasteiger partial charge in [0.25, 0.3) is 0 Å². The molecule has 0 radical (unpaired) electrons. The Morgan fingerprint density at radius 3 is 1.25 bits per heavy atom. The summed E-state index contributed by atoms with van der Waals surface area (Å²) in [4.78, 5) is 24.3. The summed E-state index contributed by atoms with van der Waals surface area (Å²) in [6.07, 6.45) is 0. The summed E-state index contributed by atoms with van der Waals surface area (Å²) >= 11 is 12.1. The van der Waals surface area contributed by atoms with Crippen molar-refractivity contribution in [2.45, 2.75) is 10.8 Å². The molecule has 0 saturated carbocycles. The van der Waals surface area contributed by atoms with Gasteiger partial charge in [-0.25, -0.2) is 0 Å². The van der Waals surface area contributed by atoms with Crippen molar-refractivity contribution in [2.24, 2.45) is 0 Å². The van der Waals surface area contributed by atoms with Crippen LogP contribution in [0.25, 0.3) is 0 Å². The summed E-state index contributed by atoms with van der Waals surface area (Å²) < 4.78 is 0. The van der Waals surface area contributed by atoms with E-state index in [1.807, 2.05) is 0 Å². The Morgan fingerprint density at radius 2 is 0.950 bits per heavy atom. The number of benzene rings is 2. The minimum absolute atomic E-state index is 0.350. The van der Waals surface area contributed by atoms with E-state index in [1.54, 1.807) is 60.7 Å². The second-order valence-corrected chi connectivity index (χ2v) is 5.20. The van der Waals surface area contributed by atoms with Gasteiger partial charge < -0.3 is 0 Å². The molecule has 102 valence electrons. The number of carbonyl (C=O) groups is 2. The number of rotatable bonds is 5. The van der Waals surface area contributed by atoms with E-state index >= 15 is 0 Å². The van der Waals surface area contributed by atoms with E-state index in [0.29, 0.717) is 11.1 Å². The summed E-state index contributed by atoms with van der Waals surface area (Å²) in [6, 6.07) is 17.1. The third-order valence-corrected chi connectivity index (χ3v) is 3.90. The van der Waals surface area contributed by atoms with Crippen LogP contribution in [0.3, 0.4) is 0 Å². The van der Waals surface area contributed by atoms with Crippen LogP contribution >= 0.6 is 23.2 Å². The van der Waals surface area contributed by atoms with Crippen LogP contribution in [0.2, 0.25) is 0 Å². The van der Waals surface area contributed by atoms with Gasteiger partial charge in [0, 0.05) is 11.1 Å². The van der Waals surface area contributed by atoms with Crippen LogP contribution in [0.5, 0.6) is 0 Å². The van der Waals surface area contributed by atoms with Crippen molar-refractivity contribution in [3.05, 3.63) is 71.8 Å². The van der Waals surface area contributed by atoms with Crippen LogP contribution < -0.4 is 0 Å². The molecule has 2 aromatic carbocycles. The van der Waals surface area contributed by atoms with E-state index in [1.165, 1.54) is 0 Å². The van der Waals surface area contributed by atoms with Crippen molar-refractivity contribution in [1.82, 2.24) is 0 Å². The summed E-state index contributed by atoms with van der Waals surface area (Å²) in [7, 11) is 0. The maximum Gasteiger partial charge on any atom is 0.182 e. The van der Waals surface area contributed by atoms with E-state index in [2.05, 4.69) is 0 Å². The third-order valence-electron chi connectivity index (χ3n) is 2.87. The van der Waals surface area contributed by atoms with E-state index in [0.717, 1.165) is 0 Å². The van der Waals surface area contributed by atoms with Crippen molar-refractivity contribution in [3.8, 4) is 0 Å². The van der Waals surface area contributed by atoms with Gasteiger partial charge in [-0.15, -0.1) is 23.2 Å². The number of halogens is 2. The van der Waals surface area contributed by atoms with Crippen LogP contribution in [-0.2, 0) is 0 Å². The predicted octanol–water partition coefficient (Wildman–Crippen LogP) is 3.97. The van der Waals surface area contributed by atoms with Crippen LogP contribution in [0, 0.1) is 0 Å². The maximum absolute atomic E-state index is 12.2. The highest BCUT2D eigenvalue weighted by molar-refractivity contribution is 6.46. The monoisotopic (exact) mass is 306 g/mol. The van der Waals surface area contributed by atoms with Gasteiger partial charge in [-0.2, -0.15) is 0 Å². The molecular weight excluding hydrogens is 295 g/mol. The van der Waals surface area contributed by atoms with Crippen LogP contribution in [0.15, 0.2) is 60.7 Å². The number of Topliss-reactive ketones (excluding diaryl/α,β-unsaturated/α-hetero) is 2. The lowest BCUT2D eigenvalue weighted by atomic mass is 10.0. The highest BCUT2D eigenvalue weighted by Crippen LogP contribution is 2.20. The summed E-state index contributed by atoms with van der Waals surface area (Å²) in [5, 5.41) is -2.18. The van der Waals surface area contributed by atoms with Crippen molar-refractivity contribution in [1.29, 1.82) is 0 Å². The lowest BCUT2D eigenvalue weighted by molar-refractivity contribution is 0.0926. The van der Waals surface area contributed by atoms with Crippen molar-refractivity contribution in [3.63, 3.8) is 0 Å². The van der Waals surface area contributed by atoms with E-state index in [4.69, 9.17) is 23.2 Å². The molecule has 4 heteroatoms. The number of hydrogen-bond donors (Lipinski definition) is 0. The quantitative estimate of drug-likeness (QED) is 0.619. The highest BCUT2D eigenvalue weighted by Gasteiger charge is 2.31. The minimum atomic E-state index is -1.09. The van der Waals surface area contributed by atoms with E-state index in [-0.39, 0.29) is 11.6 Å². The molecule has 2 atom stereocenters. The molecule has 0 aliphatic heterocycles. The lowest BCUT2D eigenvalue weighted by Gasteiger charge is -2.14. The fraction of sp³-hybridized carbons (Fsp3) is 0.125. The molecule has 0 unspecified atom stereocenters. The standard InChI is InChI=1S/C16H12Cl2O2/c17-13(15(19)11-7-3-1-4-8-11)14(18)16(20)12-9-5-2-6-10-12/h1-10,13-14H/t13-,14-/m0/s1. The molecule has 0 heterocycles. The zero-order valence-electron chi connectivity index (χ0n) is 10.5. The first-order valence-electron chi connectivity index (χ1n) is 6.08. The smallest absolute Gasteiger partial charge is 0.182 e. The van der Waals surface area contributed by atoms with Crippen LogP contribution in [0.4, 0.5) is 0 Å². The zero-order valence-corrected chi connectivity index (χ0v) is 12.0. The van der Waals surface area contributed by atoms with Gasteiger partial charge in [-0.3, -0.25) is 9.59 Å². The third kappa shape index (κ3) is 3.27. The van der Waals surface area contributed by atoms with Crippen LogP contribution in [0.1, 0.15) is 20.7 Å². The first-order valence-corrected chi connectivity index (χ1v) is 6.95. The van der Waals surface area contributed by atoms with Gasteiger partial charge in [0.2, 0.25) is 0 Å². The average Bonchev–Trinajstić information content (AvgIpc) is 2.53. The molecule has 0 amide bonds. The van der Waals surface area contributed by atoms with Gasteiger partial charge in [0.15, 0.2) is 11.6 Å². The molecule has 0 aromatic heterocycles. The first-order chi connectivity index (χ1) is 9.61. The van der Waals surface area contributed by atoms with Crippen LogP contribution in [-0.4, -0.2) is 22.3 Å². The van der Waals surface area contributed by atoms with Crippen molar-refractivity contribution >= 4 is 34.8 Å². The molecule has 0 N–H and O–H groups in total. The highest BCUT2D eigenvalue weighted by atomic mass is 35.5. The molecule has 0 saturated heterocycles. The molecule has 0 aliphatic rings. The van der Waals surface area contributed by atoms with Gasteiger partial charge in [-0.05, 0) is 0 Å². The molecule has 0 aliphatic carbocycles. The normalized spacial score (nSPS) is 13.5. The minimum Gasteiger partial charge on any atom is -0.292 e. The summed E-state index contributed by atoms with van der Waals surface area (Å²) in [5.74, 6) is -0.701. The van der Waals surface area contributed by atoms with Gasteiger partial charge in [-0.1, -0.05) is 60.7 Å². The van der Waals surface area contributed by atoms with Crippen molar-refractivity contribution in [2.75, 3.05) is 0 Å². The Hall–Kier alpha value is -1.64. The average molecular weight is 307 g/mol. The van der Waals surface area contributed by atoms with Gasteiger partial charge >= 0.3 is 0 Å². The topological polar surface area (TPSA) is 34.1 Å². The molecular formula is C16H12Cl2O2. The second-order valence-electron chi connectivity index (χ2n) is 4.26. The second kappa shape index (κ2) is 6.69. The fourth-order valence-corrected chi connectivity index (χ4v) is 2.27. The largest absolute Gasteiger partial charge is 0.292 e. The first kappa shape index (κ1) is 14.8. The predicted molar refractivity (Wildman–Crippen MR) is 80.8 cm³/mol. The summed E-state index contributed by atoms with van der Waals surface area (Å²) in [5.41, 5.74) is 0.887. The van der Waals surface area contributed by atoms with E-state index < -0.39 is 10.8 Å². The Bertz CT molecular complexity index is 541. The molecule has 2 aromatic rings. The number of ketones is 2. The number of alkyl halides is 2. The Labute approximate surface area is 127 Å². The maximum atomic E-state index is 12.2. The Kier molecular flexibility index (Phi) is 4.94. The molecule has 0 spiro atoms. The SMILES string of the molecule is O=C(c1ccccc1)[C@@H](Cl)[C@H](Cl)C(=O)c1ccccc1. The molecule has 2 rings (SSSR count). The lowest BCUT2D eigenvalue weighted by Crippen LogP contribution is -2.31. The van der Waals surface area contributed by atoms with Gasteiger partial charge in [0.1, 0.15) is 10.8 Å². The molecule has 20 heavy (non-hydrogen) atoms. The molecule has 0 fully saturated rings. The number of hydrogen-bond acceptors (Lipinski definition) is 2. The van der Waals surface area contributed by atoms with Gasteiger partial charge in [0.05, 0.1) is 0 Å². The van der Waals surface area contributed by atoms with E-state index in [9.17, 15) is 9.59 Å². The van der Waals surface area contributed by atoms with Crippen molar-refractivity contribution < 1.29 is 9.59 Å². The fourth-order valence-electron chi connectivity index (χ4n) is 1.79. The zero-order chi connectivity index (χ0) is 14.5. The molecule has 2 nitrogen and oxygen atoms in total. The molecule has 0 bridgehead atoms. The number of carbonyl (C=O) groups excluding carboxylic acids is 2.